The summed E-state index contributed by atoms with van der Waals surface area (Å²) < 4.78 is 10.5. The number of carbonyl (C=O) groups excluding carboxylic acids is 2. The van der Waals surface area contributed by atoms with E-state index in [1.54, 1.807) is 0 Å². The molecular weight excluding hydrogens is 342 g/mol. The summed E-state index contributed by atoms with van der Waals surface area (Å²) in [5, 5.41) is 0. The van der Waals surface area contributed by atoms with Gasteiger partial charge in [-0.1, -0.05) is 36.8 Å². The molecule has 5 nitrogen and oxygen atoms in total. The third kappa shape index (κ3) is 6.06. The van der Waals surface area contributed by atoms with E-state index in [-0.39, 0.29) is 11.9 Å². The van der Waals surface area contributed by atoms with E-state index in [9.17, 15) is 9.59 Å². The Morgan fingerprint density at radius 3 is 2.48 bits per heavy atom. The zero-order chi connectivity index (χ0) is 19.5. The van der Waals surface area contributed by atoms with Crippen molar-refractivity contribution in [2.24, 2.45) is 0 Å². The second-order valence-electron chi connectivity index (χ2n) is 7.13. The highest BCUT2D eigenvalue weighted by molar-refractivity contribution is 5.81. The predicted molar refractivity (Wildman–Crippen MR) is 105 cm³/mol. The van der Waals surface area contributed by atoms with Crippen LogP contribution in [0, 0.1) is 0 Å². The van der Waals surface area contributed by atoms with Gasteiger partial charge < -0.3 is 9.47 Å². The van der Waals surface area contributed by atoms with Gasteiger partial charge in [0.15, 0.2) is 0 Å². The normalized spacial score (nSPS) is 20.2. The van der Waals surface area contributed by atoms with Crippen molar-refractivity contribution in [1.29, 1.82) is 0 Å². The largest absolute Gasteiger partial charge is 0.466 e. The second kappa shape index (κ2) is 11.1. The van der Waals surface area contributed by atoms with Crippen LogP contribution in [0.5, 0.6) is 0 Å². The first-order valence-corrected chi connectivity index (χ1v) is 10.2. The van der Waals surface area contributed by atoms with E-state index in [2.05, 4.69) is 17.0 Å². The Kier molecular flexibility index (Phi) is 8.79. The lowest BCUT2D eigenvalue weighted by molar-refractivity contribution is -0.162. The molecule has 1 aromatic rings. The van der Waals surface area contributed by atoms with Gasteiger partial charge in [0.05, 0.1) is 13.2 Å². The molecular formula is C22H33NO4. The molecule has 0 amide bonds. The van der Waals surface area contributed by atoms with E-state index >= 15 is 0 Å². The molecule has 0 radical (unpaired) electrons. The van der Waals surface area contributed by atoms with Crippen LogP contribution < -0.4 is 0 Å². The lowest BCUT2D eigenvalue weighted by atomic mass is 9.81. The molecule has 1 aromatic carbocycles. The minimum atomic E-state index is -0.585. The van der Waals surface area contributed by atoms with Gasteiger partial charge in [-0.15, -0.1) is 0 Å². The third-order valence-corrected chi connectivity index (χ3v) is 5.27. The summed E-state index contributed by atoms with van der Waals surface area (Å²) in [6.07, 6.45) is 5.61. The molecule has 0 bridgehead atoms. The molecule has 1 unspecified atom stereocenters. The summed E-state index contributed by atoms with van der Waals surface area (Å²) in [5.41, 5.74) is 0.623. The van der Waals surface area contributed by atoms with Crippen LogP contribution >= 0.6 is 0 Å². The van der Waals surface area contributed by atoms with Gasteiger partial charge in [0.1, 0.15) is 5.54 Å². The number of piperidine rings is 1. The van der Waals surface area contributed by atoms with Crippen LogP contribution in [0.15, 0.2) is 30.3 Å². The zero-order valence-electron chi connectivity index (χ0n) is 16.7. The van der Waals surface area contributed by atoms with Crippen LogP contribution in [0.4, 0.5) is 0 Å². The fourth-order valence-electron chi connectivity index (χ4n) is 3.93. The van der Waals surface area contributed by atoms with Crippen molar-refractivity contribution in [1.82, 2.24) is 4.90 Å². The summed E-state index contributed by atoms with van der Waals surface area (Å²) >= 11 is 0. The molecule has 0 aliphatic carbocycles. The van der Waals surface area contributed by atoms with Gasteiger partial charge in [0.2, 0.25) is 0 Å². The van der Waals surface area contributed by atoms with Gasteiger partial charge in [-0.2, -0.15) is 0 Å². The fourth-order valence-corrected chi connectivity index (χ4v) is 3.93. The van der Waals surface area contributed by atoms with E-state index in [0.717, 1.165) is 51.6 Å². The van der Waals surface area contributed by atoms with E-state index in [1.807, 2.05) is 32.0 Å². The van der Waals surface area contributed by atoms with Crippen LogP contribution in [-0.2, 0) is 25.6 Å². The maximum atomic E-state index is 13.0. The molecule has 5 heteroatoms. The molecule has 1 heterocycles. The first-order chi connectivity index (χ1) is 13.1. The maximum absolute atomic E-state index is 13.0. The number of hydrogen-bond donors (Lipinski definition) is 0. The van der Waals surface area contributed by atoms with Crippen molar-refractivity contribution in [2.45, 2.75) is 70.9 Å². The Labute approximate surface area is 163 Å². The monoisotopic (exact) mass is 375 g/mol. The van der Waals surface area contributed by atoms with Crippen LogP contribution in [0.3, 0.4) is 0 Å². The van der Waals surface area contributed by atoms with Gasteiger partial charge in [0.25, 0.3) is 0 Å². The van der Waals surface area contributed by atoms with E-state index in [1.165, 1.54) is 5.56 Å². The number of likely N-dealkylation sites (tertiary alicyclic amines) is 1. The van der Waals surface area contributed by atoms with Gasteiger partial charge >= 0.3 is 11.9 Å². The molecule has 2 rings (SSSR count). The van der Waals surface area contributed by atoms with Gasteiger partial charge in [-0.25, -0.2) is 0 Å². The molecule has 0 saturated carbocycles. The summed E-state index contributed by atoms with van der Waals surface area (Å²) in [7, 11) is 0. The molecule has 0 spiro atoms. The minimum absolute atomic E-state index is 0.114. The first-order valence-electron chi connectivity index (χ1n) is 10.2. The number of rotatable bonds is 10. The molecule has 0 aromatic heterocycles. The number of hydrogen-bond acceptors (Lipinski definition) is 5. The minimum Gasteiger partial charge on any atom is -0.466 e. The van der Waals surface area contributed by atoms with Crippen LogP contribution in [0.2, 0.25) is 0 Å². The van der Waals surface area contributed by atoms with Crippen molar-refractivity contribution in [3.8, 4) is 0 Å². The van der Waals surface area contributed by atoms with Gasteiger partial charge in [-0.3, -0.25) is 14.5 Å². The Hall–Kier alpha value is -1.88. The van der Waals surface area contributed by atoms with Gasteiger partial charge in [-0.05, 0) is 58.1 Å². The maximum Gasteiger partial charge on any atom is 0.326 e. The number of carbonyl (C=O) groups is 2. The topological polar surface area (TPSA) is 55.8 Å². The second-order valence-corrected chi connectivity index (χ2v) is 7.13. The summed E-state index contributed by atoms with van der Waals surface area (Å²) in [6.45, 7) is 6.12. The molecule has 1 aliphatic rings. The van der Waals surface area contributed by atoms with Crippen molar-refractivity contribution < 1.29 is 19.1 Å². The Morgan fingerprint density at radius 1 is 1.04 bits per heavy atom. The summed E-state index contributed by atoms with van der Waals surface area (Å²) in [6, 6.07) is 10.3. The molecule has 0 N–H and O–H groups in total. The number of unbranched alkanes of at least 4 members (excludes halogenated alkanes) is 1. The zero-order valence-corrected chi connectivity index (χ0v) is 16.7. The predicted octanol–water partition coefficient (Wildman–Crippen LogP) is 4.10. The highest BCUT2D eigenvalue weighted by Gasteiger charge is 2.46. The van der Waals surface area contributed by atoms with E-state index < -0.39 is 5.54 Å². The molecule has 150 valence electrons. The Balaban J connectivity index is 2.08. The SMILES string of the molecule is CCOC(=O)CCCCC1(C(=O)OCC)CCCCN1Cc1ccccc1. The van der Waals surface area contributed by atoms with Crippen LogP contribution in [-0.4, -0.2) is 42.1 Å². The highest BCUT2D eigenvalue weighted by atomic mass is 16.5. The fraction of sp³-hybridized carbons (Fsp3) is 0.636. The standard InChI is InChI=1S/C22H33NO4/c1-3-26-20(24)14-8-9-15-22(21(25)27-4-2)16-10-11-17-23(22)18-19-12-6-5-7-13-19/h5-7,12-13H,3-4,8-11,14-18H2,1-2H3. The van der Waals surface area contributed by atoms with Gasteiger partial charge in [0, 0.05) is 13.0 Å². The Bertz CT molecular complexity index is 589. The number of ether oxygens (including phenoxy) is 2. The lowest BCUT2D eigenvalue weighted by Crippen LogP contribution is -2.57. The van der Waals surface area contributed by atoms with Crippen LogP contribution in [0.25, 0.3) is 0 Å². The summed E-state index contributed by atoms with van der Waals surface area (Å²) in [4.78, 5) is 26.9. The third-order valence-electron chi connectivity index (χ3n) is 5.27. The quantitative estimate of drug-likeness (QED) is 0.455. The Morgan fingerprint density at radius 2 is 1.78 bits per heavy atom. The molecule has 1 atom stereocenters. The van der Waals surface area contributed by atoms with Crippen molar-refractivity contribution in [3.05, 3.63) is 35.9 Å². The van der Waals surface area contributed by atoms with Crippen molar-refractivity contribution >= 4 is 11.9 Å². The van der Waals surface area contributed by atoms with E-state index in [4.69, 9.17) is 9.47 Å². The number of benzene rings is 1. The molecule has 27 heavy (non-hydrogen) atoms. The first kappa shape index (κ1) is 21.4. The highest BCUT2D eigenvalue weighted by Crippen LogP contribution is 2.35. The van der Waals surface area contributed by atoms with Crippen LogP contribution in [0.1, 0.15) is 64.4 Å². The van der Waals surface area contributed by atoms with Crippen molar-refractivity contribution in [3.63, 3.8) is 0 Å². The average molecular weight is 376 g/mol. The van der Waals surface area contributed by atoms with Crippen molar-refractivity contribution in [2.75, 3.05) is 19.8 Å². The van der Waals surface area contributed by atoms with E-state index in [0.29, 0.717) is 19.6 Å². The smallest absolute Gasteiger partial charge is 0.326 e. The number of esters is 2. The molecule has 1 saturated heterocycles. The molecule has 1 aliphatic heterocycles. The molecule has 1 fully saturated rings. The number of nitrogens with zero attached hydrogens (tertiary/aromatic N) is 1. The average Bonchev–Trinajstić information content (AvgIpc) is 2.68. The lowest BCUT2D eigenvalue weighted by Gasteiger charge is -2.45. The summed E-state index contributed by atoms with van der Waals surface area (Å²) in [5.74, 6) is -0.274.